The van der Waals surface area contributed by atoms with E-state index in [4.69, 9.17) is 5.26 Å². The van der Waals surface area contributed by atoms with Crippen molar-refractivity contribution in [1.29, 1.82) is 5.26 Å². The number of H-pyrrole nitrogens is 1. The van der Waals surface area contributed by atoms with Crippen LogP contribution in [0.3, 0.4) is 0 Å². The van der Waals surface area contributed by atoms with Gasteiger partial charge < -0.3 is 4.98 Å². The van der Waals surface area contributed by atoms with Gasteiger partial charge in [0.15, 0.2) is 4.83 Å². The summed E-state index contributed by atoms with van der Waals surface area (Å²) in [4.78, 5) is 8.35. The van der Waals surface area contributed by atoms with Gasteiger partial charge in [0.2, 0.25) is 0 Å². The Kier molecular flexibility index (Phi) is 3.57. The topological polar surface area (TPSA) is 65.4 Å². The summed E-state index contributed by atoms with van der Waals surface area (Å²) < 4.78 is 38.1. The van der Waals surface area contributed by atoms with E-state index in [1.165, 1.54) is 18.3 Å². The maximum atomic E-state index is 12.7. The van der Waals surface area contributed by atoms with Crippen LogP contribution >= 0.6 is 15.9 Å². The summed E-state index contributed by atoms with van der Waals surface area (Å²) in [7, 11) is 0. The molecule has 1 atom stereocenters. The van der Waals surface area contributed by atoms with Gasteiger partial charge in [-0.1, -0.05) is 15.9 Å². The van der Waals surface area contributed by atoms with Gasteiger partial charge in [0.05, 0.1) is 29.3 Å². The lowest BCUT2D eigenvalue weighted by molar-refractivity contribution is -0.128. The zero-order valence-electron chi connectivity index (χ0n) is 9.24. The van der Waals surface area contributed by atoms with Gasteiger partial charge in [0.25, 0.3) is 0 Å². The Labute approximate surface area is 114 Å². The Morgan fingerprint density at radius 3 is 2.74 bits per heavy atom. The Balaban J connectivity index is 2.48. The number of aromatic nitrogens is 3. The molecule has 0 saturated carbocycles. The Morgan fingerprint density at radius 2 is 2.11 bits per heavy atom. The normalized spacial score (nSPS) is 13.0. The van der Waals surface area contributed by atoms with Crippen LogP contribution in [-0.2, 0) is 0 Å². The van der Waals surface area contributed by atoms with Crippen LogP contribution in [0.25, 0.3) is 11.4 Å². The predicted octanol–water partition coefficient (Wildman–Crippen LogP) is 3.34. The van der Waals surface area contributed by atoms with Gasteiger partial charge in [-0.2, -0.15) is 18.4 Å². The molecule has 1 N–H and O–H groups in total. The molecule has 2 aromatic rings. The van der Waals surface area contributed by atoms with Crippen molar-refractivity contribution in [2.75, 3.05) is 0 Å². The second-order valence-corrected chi connectivity index (χ2v) is 4.53. The third-order valence-corrected chi connectivity index (χ3v) is 3.32. The minimum absolute atomic E-state index is 0.0660. The number of hydrogen-bond donors (Lipinski definition) is 1. The fourth-order valence-corrected chi connectivity index (χ4v) is 1.84. The standard InChI is InChI=1S/C11H6BrF3N4/c12-10(11(13,14)15)9-8(18-5-19-9)7-3-6(4-16)1-2-17-7/h1-3,5,10H,(H,18,19). The number of hydrogen-bond acceptors (Lipinski definition) is 3. The lowest BCUT2D eigenvalue weighted by Gasteiger charge is -2.13. The number of nitrogens with one attached hydrogen (secondary N) is 1. The van der Waals surface area contributed by atoms with Gasteiger partial charge in [-0.05, 0) is 12.1 Å². The first kappa shape index (κ1) is 13.5. The van der Waals surface area contributed by atoms with Crippen LogP contribution in [0.1, 0.15) is 16.1 Å². The molecule has 0 spiro atoms. The highest BCUT2D eigenvalue weighted by Crippen LogP contribution is 2.41. The number of nitriles is 1. The monoisotopic (exact) mass is 330 g/mol. The molecule has 0 aliphatic rings. The lowest BCUT2D eigenvalue weighted by Crippen LogP contribution is -2.16. The van der Waals surface area contributed by atoms with E-state index in [1.807, 2.05) is 6.07 Å². The van der Waals surface area contributed by atoms with E-state index in [-0.39, 0.29) is 17.1 Å². The van der Waals surface area contributed by atoms with Crippen molar-refractivity contribution in [3.63, 3.8) is 0 Å². The molecule has 1 unspecified atom stereocenters. The summed E-state index contributed by atoms with van der Waals surface area (Å²) in [6.45, 7) is 0. The zero-order chi connectivity index (χ0) is 14.0. The average molecular weight is 331 g/mol. The summed E-state index contributed by atoms with van der Waals surface area (Å²) in [5.74, 6) is 0. The van der Waals surface area contributed by atoms with E-state index >= 15 is 0 Å². The maximum absolute atomic E-state index is 12.7. The number of imidazole rings is 1. The first-order chi connectivity index (χ1) is 8.93. The summed E-state index contributed by atoms with van der Waals surface area (Å²) in [5.41, 5.74) is 0.437. The van der Waals surface area contributed by atoms with Crippen LogP contribution in [0.15, 0.2) is 24.7 Å². The molecule has 0 aromatic carbocycles. The van der Waals surface area contributed by atoms with E-state index in [0.717, 1.165) is 6.33 Å². The molecule has 0 amide bonds. The number of nitrogens with zero attached hydrogens (tertiary/aromatic N) is 3. The molecule has 98 valence electrons. The molecule has 0 bridgehead atoms. The van der Waals surface area contributed by atoms with Crippen molar-refractivity contribution in [2.24, 2.45) is 0 Å². The highest BCUT2D eigenvalue weighted by Gasteiger charge is 2.41. The predicted molar refractivity (Wildman–Crippen MR) is 64.3 cm³/mol. The van der Waals surface area contributed by atoms with E-state index < -0.39 is 11.0 Å². The van der Waals surface area contributed by atoms with Gasteiger partial charge in [-0.15, -0.1) is 0 Å². The maximum Gasteiger partial charge on any atom is 0.406 e. The first-order valence-electron chi connectivity index (χ1n) is 5.04. The summed E-state index contributed by atoms with van der Waals surface area (Å²) in [6.07, 6.45) is -1.94. The van der Waals surface area contributed by atoms with Crippen molar-refractivity contribution in [3.8, 4) is 17.5 Å². The first-order valence-corrected chi connectivity index (χ1v) is 5.95. The van der Waals surface area contributed by atoms with Gasteiger partial charge in [-0.3, -0.25) is 4.98 Å². The van der Waals surface area contributed by atoms with E-state index in [2.05, 4.69) is 30.9 Å². The number of pyridine rings is 1. The highest BCUT2D eigenvalue weighted by atomic mass is 79.9. The van der Waals surface area contributed by atoms with Crippen molar-refractivity contribution in [3.05, 3.63) is 35.9 Å². The van der Waals surface area contributed by atoms with Crippen molar-refractivity contribution < 1.29 is 13.2 Å². The molecular weight excluding hydrogens is 325 g/mol. The molecule has 0 radical (unpaired) electrons. The third-order valence-electron chi connectivity index (χ3n) is 2.34. The Morgan fingerprint density at radius 1 is 1.37 bits per heavy atom. The van der Waals surface area contributed by atoms with Gasteiger partial charge >= 0.3 is 6.18 Å². The quantitative estimate of drug-likeness (QED) is 0.859. The summed E-state index contributed by atoms with van der Waals surface area (Å²) in [5, 5.41) is 8.77. The van der Waals surface area contributed by atoms with Gasteiger partial charge in [0.1, 0.15) is 5.69 Å². The summed E-state index contributed by atoms with van der Waals surface area (Å²) >= 11 is 2.58. The van der Waals surface area contributed by atoms with Crippen LogP contribution in [0.4, 0.5) is 13.2 Å². The molecule has 2 heterocycles. The second kappa shape index (κ2) is 5.01. The average Bonchev–Trinajstić information content (AvgIpc) is 2.85. The minimum atomic E-state index is -4.45. The smallest absolute Gasteiger partial charge is 0.347 e. The highest BCUT2D eigenvalue weighted by molar-refractivity contribution is 9.09. The van der Waals surface area contributed by atoms with Crippen LogP contribution in [0.5, 0.6) is 0 Å². The fourth-order valence-electron chi connectivity index (χ4n) is 1.49. The minimum Gasteiger partial charge on any atom is -0.347 e. The van der Waals surface area contributed by atoms with E-state index in [9.17, 15) is 13.2 Å². The van der Waals surface area contributed by atoms with Crippen molar-refractivity contribution >= 4 is 15.9 Å². The molecule has 8 heteroatoms. The Bertz CT molecular complexity index is 629. The number of aromatic amines is 1. The molecule has 0 fully saturated rings. The Hall–Kier alpha value is -1.88. The second-order valence-electron chi connectivity index (χ2n) is 3.61. The van der Waals surface area contributed by atoms with Gasteiger partial charge in [0, 0.05) is 6.20 Å². The number of halogens is 4. The van der Waals surface area contributed by atoms with Crippen molar-refractivity contribution in [2.45, 2.75) is 11.0 Å². The van der Waals surface area contributed by atoms with E-state index in [0.29, 0.717) is 5.56 Å². The lowest BCUT2D eigenvalue weighted by atomic mass is 10.1. The van der Waals surface area contributed by atoms with Crippen LogP contribution in [0, 0.1) is 11.3 Å². The molecule has 4 nitrogen and oxygen atoms in total. The van der Waals surface area contributed by atoms with Crippen LogP contribution in [0.2, 0.25) is 0 Å². The molecule has 0 saturated heterocycles. The third kappa shape index (κ3) is 2.76. The molecule has 0 aliphatic carbocycles. The SMILES string of the molecule is N#Cc1ccnc(-c2nc[nH]c2C(Br)C(F)(F)F)c1. The van der Waals surface area contributed by atoms with E-state index in [1.54, 1.807) is 0 Å². The number of alkyl halides is 4. The molecular formula is C11H6BrF3N4. The largest absolute Gasteiger partial charge is 0.406 e. The zero-order valence-corrected chi connectivity index (χ0v) is 10.8. The molecule has 19 heavy (non-hydrogen) atoms. The van der Waals surface area contributed by atoms with Crippen LogP contribution in [-0.4, -0.2) is 21.1 Å². The fraction of sp³-hybridized carbons (Fsp3) is 0.182. The molecule has 2 aromatic heterocycles. The van der Waals surface area contributed by atoms with Gasteiger partial charge in [-0.25, -0.2) is 4.98 Å². The molecule has 2 rings (SSSR count). The molecule has 0 aliphatic heterocycles. The van der Waals surface area contributed by atoms with Crippen molar-refractivity contribution in [1.82, 2.24) is 15.0 Å². The van der Waals surface area contributed by atoms with Crippen LogP contribution < -0.4 is 0 Å². The number of rotatable bonds is 2. The summed E-state index contributed by atoms with van der Waals surface area (Å²) in [6, 6.07) is 4.74.